The van der Waals surface area contributed by atoms with E-state index in [9.17, 15) is 13.5 Å². The number of rotatable bonds is 7. The number of aryl methyl sites for hydroxylation is 1. The van der Waals surface area contributed by atoms with Crippen LogP contribution in [0.25, 0.3) is 17.1 Å². The molecule has 3 heterocycles. The van der Waals surface area contributed by atoms with Crippen LogP contribution in [0.5, 0.6) is 0 Å². The monoisotopic (exact) mass is 415 g/mol. The van der Waals surface area contributed by atoms with Gasteiger partial charge in [0.25, 0.3) is 0 Å². The molecule has 29 heavy (non-hydrogen) atoms. The molecule has 1 fully saturated rings. The van der Waals surface area contributed by atoms with Crippen LogP contribution in [-0.4, -0.2) is 58.9 Å². The Morgan fingerprint density at radius 2 is 2.03 bits per heavy atom. The van der Waals surface area contributed by atoms with E-state index in [-0.39, 0.29) is 24.2 Å². The number of aliphatic hydroxyl groups excluding tert-OH is 1. The Hall–Kier alpha value is -2.42. The molecule has 1 aromatic carbocycles. The summed E-state index contributed by atoms with van der Waals surface area (Å²) in [7, 11) is -3.01. The SMILES string of the molecule is Cc1ccc(-c2nn(-c3ccccc3)cc2CN(CCO)[C@H]2CCS(=O)(=O)C2)o1. The molecule has 1 atom stereocenters. The molecule has 1 aliphatic heterocycles. The lowest BCUT2D eigenvalue weighted by Crippen LogP contribution is -2.37. The van der Waals surface area contributed by atoms with Crippen molar-refractivity contribution in [2.24, 2.45) is 0 Å². The van der Waals surface area contributed by atoms with E-state index >= 15 is 0 Å². The summed E-state index contributed by atoms with van der Waals surface area (Å²) in [6.45, 7) is 2.76. The maximum Gasteiger partial charge on any atom is 0.154 e. The van der Waals surface area contributed by atoms with Crippen LogP contribution in [0.15, 0.2) is 53.1 Å². The van der Waals surface area contributed by atoms with E-state index in [0.29, 0.717) is 25.3 Å². The van der Waals surface area contributed by atoms with Crippen LogP contribution in [-0.2, 0) is 16.4 Å². The molecular weight excluding hydrogens is 390 g/mol. The zero-order valence-electron chi connectivity index (χ0n) is 16.4. The smallest absolute Gasteiger partial charge is 0.154 e. The summed E-state index contributed by atoms with van der Waals surface area (Å²) in [6, 6.07) is 13.5. The number of sulfone groups is 1. The van der Waals surface area contributed by atoms with Crippen molar-refractivity contribution in [2.75, 3.05) is 24.7 Å². The molecule has 8 heteroatoms. The van der Waals surface area contributed by atoms with Gasteiger partial charge in [0.2, 0.25) is 0 Å². The molecule has 154 valence electrons. The molecule has 0 aliphatic carbocycles. The topological polar surface area (TPSA) is 88.6 Å². The Kier molecular flexibility index (Phi) is 5.58. The second-order valence-corrected chi connectivity index (χ2v) is 9.67. The highest BCUT2D eigenvalue weighted by molar-refractivity contribution is 7.91. The molecule has 2 aromatic heterocycles. The van der Waals surface area contributed by atoms with Crippen LogP contribution in [0.4, 0.5) is 0 Å². The molecule has 0 bridgehead atoms. The van der Waals surface area contributed by atoms with E-state index in [1.165, 1.54) is 0 Å². The summed E-state index contributed by atoms with van der Waals surface area (Å²) in [5, 5.41) is 14.3. The molecule has 1 N–H and O–H groups in total. The van der Waals surface area contributed by atoms with Gasteiger partial charge in [0.1, 0.15) is 11.5 Å². The second kappa shape index (κ2) is 8.14. The normalized spacial score (nSPS) is 18.5. The average molecular weight is 416 g/mol. The molecule has 4 rings (SSSR count). The summed E-state index contributed by atoms with van der Waals surface area (Å²) in [5.41, 5.74) is 2.59. The van der Waals surface area contributed by atoms with Gasteiger partial charge in [0.15, 0.2) is 15.6 Å². The Morgan fingerprint density at radius 3 is 2.66 bits per heavy atom. The number of benzene rings is 1. The minimum Gasteiger partial charge on any atom is -0.460 e. The molecule has 3 aromatic rings. The molecule has 7 nitrogen and oxygen atoms in total. The number of aromatic nitrogens is 2. The van der Waals surface area contributed by atoms with E-state index in [4.69, 9.17) is 9.52 Å². The van der Waals surface area contributed by atoms with Gasteiger partial charge in [0.05, 0.1) is 23.8 Å². The van der Waals surface area contributed by atoms with Gasteiger partial charge in [0, 0.05) is 30.9 Å². The number of hydrogen-bond acceptors (Lipinski definition) is 6. The highest BCUT2D eigenvalue weighted by Crippen LogP contribution is 2.28. The highest BCUT2D eigenvalue weighted by Gasteiger charge is 2.32. The summed E-state index contributed by atoms with van der Waals surface area (Å²) < 4.78 is 31.6. The summed E-state index contributed by atoms with van der Waals surface area (Å²) in [5.74, 6) is 1.81. The van der Waals surface area contributed by atoms with Crippen molar-refractivity contribution in [1.82, 2.24) is 14.7 Å². The number of para-hydroxylation sites is 1. The average Bonchev–Trinajstić information content (AvgIpc) is 3.40. The van der Waals surface area contributed by atoms with Crippen molar-refractivity contribution >= 4 is 9.84 Å². The van der Waals surface area contributed by atoms with Gasteiger partial charge in [-0.25, -0.2) is 13.1 Å². The predicted octanol–water partition coefficient (Wildman–Crippen LogP) is 2.42. The Labute approximate surface area is 170 Å². The maximum absolute atomic E-state index is 12.0. The predicted molar refractivity (Wildman–Crippen MR) is 111 cm³/mol. The van der Waals surface area contributed by atoms with Crippen LogP contribution < -0.4 is 0 Å². The van der Waals surface area contributed by atoms with E-state index in [2.05, 4.69) is 0 Å². The van der Waals surface area contributed by atoms with Crippen LogP contribution >= 0.6 is 0 Å². The minimum absolute atomic E-state index is 0.0292. The fourth-order valence-corrected chi connectivity index (χ4v) is 5.57. The van der Waals surface area contributed by atoms with E-state index in [1.807, 2.05) is 65.2 Å². The lowest BCUT2D eigenvalue weighted by Gasteiger charge is -2.27. The third-order valence-electron chi connectivity index (χ3n) is 5.27. The Morgan fingerprint density at radius 1 is 1.24 bits per heavy atom. The maximum atomic E-state index is 12.0. The minimum atomic E-state index is -3.01. The number of aliphatic hydroxyl groups is 1. The van der Waals surface area contributed by atoms with Gasteiger partial charge in [-0.05, 0) is 37.6 Å². The quantitative estimate of drug-likeness (QED) is 0.638. The fourth-order valence-electron chi connectivity index (χ4n) is 3.81. The van der Waals surface area contributed by atoms with Gasteiger partial charge in [-0.2, -0.15) is 5.10 Å². The standard InChI is InChI=1S/C21H25N3O4S/c1-16-7-8-20(28-16)21-17(14-24(22-21)18-5-3-2-4-6-18)13-23(10-11-25)19-9-12-29(26,27)15-19/h2-8,14,19,25H,9-13,15H2,1H3/t19-/m0/s1. The van der Waals surface area contributed by atoms with Crippen LogP contribution in [0.3, 0.4) is 0 Å². The Bertz CT molecular complexity index is 1070. The van der Waals surface area contributed by atoms with E-state index in [0.717, 1.165) is 22.7 Å². The molecule has 1 aliphatic rings. The first kappa shape index (κ1) is 19.9. The van der Waals surface area contributed by atoms with Crippen LogP contribution in [0.1, 0.15) is 17.7 Å². The van der Waals surface area contributed by atoms with Crippen molar-refractivity contribution in [3.8, 4) is 17.1 Å². The summed E-state index contributed by atoms with van der Waals surface area (Å²) in [4.78, 5) is 2.04. The lowest BCUT2D eigenvalue weighted by atomic mass is 10.1. The largest absolute Gasteiger partial charge is 0.460 e. The van der Waals surface area contributed by atoms with Gasteiger partial charge in [-0.1, -0.05) is 18.2 Å². The second-order valence-electron chi connectivity index (χ2n) is 7.44. The van der Waals surface area contributed by atoms with Gasteiger partial charge in [-0.15, -0.1) is 0 Å². The molecule has 0 radical (unpaired) electrons. The third kappa shape index (κ3) is 4.44. The molecule has 1 saturated heterocycles. The highest BCUT2D eigenvalue weighted by atomic mass is 32.2. The molecule has 0 unspecified atom stereocenters. The molecule has 0 spiro atoms. The van der Waals surface area contributed by atoms with Gasteiger partial charge >= 0.3 is 0 Å². The lowest BCUT2D eigenvalue weighted by molar-refractivity contribution is 0.154. The van der Waals surface area contributed by atoms with E-state index < -0.39 is 9.84 Å². The van der Waals surface area contributed by atoms with Crippen molar-refractivity contribution in [2.45, 2.75) is 25.9 Å². The zero-order chi connectivity index (χ0) is 20.4. The van der Waals surface area contributed by atoms with E-state index in [1.54, 1.807) is 0 Å². The van der Waals surface area contributed by atoms with Crippen LogP contribution in [0.2, 0.25) is 0 Å². The first-order valence-electron chi connectivity index (χ1n) is 9.71. The number of hydrogen-bond donors (Lipinski definition) is 1. The summed E-state index contributed by atoms with van der Waals surface area (Å²) in [6.07, 6.45) is 2.54. The number of furan rings is 1. The van der Waals surface area contributed by atoms with Crippen molar-refractivity contribution in [3.63, 3.8) is 0 Å². The first-order valence-corrected chi connectivity index (χ1v) is 11.5. The van der Waals surface area contributed by atoms with Crippen LogP contribution in [0, 0.1) is 6.92 Å². The molecule has 0 amide bonds. The third-order valence-corrected chi connectivity index (χ3v) is 7.02. The Balaban J connectivity index is 1.69. The summed E-state index contributed by atoms with van der Waals surface area (Å²) >= 11 is 0. The van der Waals surface area contributed by atoms with Crippen molar-refractivity contribution in [3.05, 3.63) is 60.0 Å². The number of nitrogens with zero attached hydrogens (tertiary/aromatic N) is 3. The van der Waals surface area contributed by atoms with Crippen molar-refractivity contribution < 1.29 is 17.9 Å². The van der Waals surface area contributed by atoms with Crippen molar-refractivity contribution in [1.29, 1.82) is 0 Å². The zero-order valence-corrected chi connectivity index (χ0v) is 17.2. The molecular formula is C21H25N3O4S. The van der Waals surface area contributed by atoms with Gasteiger partial charge < -0.3 is 9.52 Å². The van der Waals surface area contributed by atoms with Gasteiger partial charge in [-0.3, -0.25) is 4.90 Å². The first-order chi connectivity index (χ1) is 13.9. The fraction of sp³-hybridized carbons (Fsp3) is 0.381. The molecule has 0 saturated carbocycles.